The van der Waals surface area contributed by atoms with Crippen molar-refractivity contribution in [3.63, 3.8) is 0 Å². The first-order chi connectivity index (χ1) is 10.6. The number of carbonyl (C=O) groups excluding carboxylic acids is 2. The third-order valence-electron chi connectivity index (χ3n) is 3.71. The summed E-state index contributed by atoms with van der Waals surface area (Å²) in [7, 11) is 0. The van der Waals surface area contributed by atoms with E-state index in [9.17, 15) is 9.59 Å². The first kappa shape index (κ1) is 19.3. The second-order valence-electron chi connectivity index (χ2n) is 5.69. The number of nitrogens with zero attached hydrogens (tertiary/aromatic N) is 1. The van der Waals surface area contributed by atoms with Gasteiger partial charge in [0.05, 0.1) is 6.04 Å². The Labute approximate surface area is 143 Å². The van der Waals surface area contributed by atoms with Crippen molar-refractivity contribution in [2.24, 2.45) is 5.73 Å². The van der Waals surface area contributed by atoms with Crippen molar-refractivity contribution in [1.29, 1.82) is 0 Å². The number of nitrogens with one attached hydrogen (secondary N) is 2. The van der Waals surface area contributed by atoms with Crippen LogP contribution in [0, 0.1) is 0 Å². The van der Waals surface area contributed by atoms with Crippen molar-refractivity contribution in [2.45, 2.75) is 38.6 Å². The first-order valence-corrected chi connectivity index (χ1v) is 7.79. The van der Waals surface area contributed by atoms with Crippen molar-refractivity contribution in [3.05, 3.63) is 24.3 Å². The molecule has 6 nitrogen and oxygen atoms in total. The Morgan fingerprint density at radius 2 is 1.48 bits per heavy atom. The Morgan fingerprint density at radius 1 is 1.00 bits per heavy atom. The number of halogens is 1. The van der Waals surface area contributed by atoms with Crippen LogP contribution in [0.5, 0.6) is 0 Å². The summed E-state index contributed by atoms with van der Waals surface area (Å²) in [6.07, 6.45) is 4.51. The molecule has 1 fully saturated rings. The molecule has 23 heavy (non-hydrogen) atoms. The fourth-order valence-electron chi connectivity index (χ4n) is 2.37. The van der Waals surface area contributed by atoms with Gasteiger partial charge < -0.3 is 21.3 Å². The van der Waals surface area contributed by atoms with Crippen LogP contribution in [0.25, 0.3) is 0 Å². The van der Waals surface area contributed by atoms with Gasteiger partial charge in [-0.3, -0.25) is 4.79 Å². The van der Waals surface area contributed by atoms with Crippen LogP contribution in [-0.4, -0.2) is 36.0 Å². The molecule has 0 spiro atoms. The minimum atomic E-state index is -0.553. The smallest absolute Gasteiger partial charge is 0.321 e. The van der Waals surface area contributed by atoms with Gasteiger partial charge in [0.1, 0.15) is 0 Å². The highest BCUT2D eigenvalue weighted by Crippen LogP contribution is 2.16. The van der Waals surface area contributed by atoms with E-state index in [4.69, 9.17) is 5.73 Å². The lowest BCUT2D eigenvalue weighted by Gasteiger charge is -2.20. The zero-order valence-electron chi connectivity index (χ0n) is 13.4. The molecule has 1 aromatic rings. The van der Waals surface area contributed by atoms with E-state index < -0.39 is 6.04 Å². The van der Waals surface area contributed by atoms with Gasteiger partial charge in [0, 0.05) is 24.5 Å². The molecule has 1 heterocycles. The van der Waals surface area contributed by atoms with Crippen LogP contribution in [-0.2, 0) is 4.79 Å². The molecule has 4 N–H and O–H groups in total. The van der Waals surface area contributed by atoms with Crippen molar-refractivity contribution in [2.75, 3.05) is 23.7 Å². The van der Waals surface area contributed by atoms with Crippen molar-refractivity contribution >= 4 is 35.7 Å². The van der Waals surface area contributed by atoms with Crippen molar-refractivity contribution in [3.8, 4) is 0 Å². The van der Waals surface area contributed by atoms with E-state index in [2.05, 4.69) is 10.6 Å². The fraction of sp³-hybridized carbons (Fsp3) is 0.500. The minimum Gasteiger partial charge on any atom is -0.325 e. The predicted molar refractivity (Wildman–Crippen MR) is 95.0 cm³/mol. The Balaban J connectivity index is 0.00000264. The zero-order valence-corrected chi connectivity index (χ0v) is 14.2. The standard InChI is InChI=1S/C16H24N4O2.ClH/c1-12(17)15(21)18-13-6-8-14(9-7-13)19-16(22)20-10-4-2-3-5-11-20;/h6-9,12H,2-5,10-11,17H2,1H3,(H,18,21)(H,19,22);1H/t12-;/m0./s1. The summed E-state index contributed by atoms with van der Waals surface area (Å²) in [4.78, 5) is 25.6. The number of likely N-dealkylation sites (tertiary alicyclic amines) is 1. The SMILES string of the molecule is C[C@H](N)C(=O)Nc1ccc(NC(=O)N2CCCCCC2)cc1.Cl. The molecule has 0 aromatic heterocycles. The molecule has 3 amide bonds. The van der Waals surface area contributed by atoms with E-state index in [1.165, 1.54) is 12.8 Å². The molecule has 1 saturated heterocycles. The highest BCUT2D eigenvalue weighted by Gasteiger charge is 2.15. The molecule has 2 rings (SSSR count). The van der Waals surface area contributed by atoms with Gasteiger partial charge >= 0.3 is 6.03 Å². The van der Waals surface area contributed by atoms with E-state index in [1.807, 2.05) is 4.90 Å². The summed E-state index contributed by atoms with van der Waals surface area (Å²) in [5.74, 6) is -0.235. The van der Waals surface area contributed by atoms with Crippen LogP contribution in [0.15, 0.2) is 24.3 Å². The number of urea groups is 1. The van der Waals surface area contributed by atoms with Gasteiger partial charge in [-0.05, 0) is 44.0 Å². The normalized spacial score (nSPS) is 15.8. The highest BCUT2D eigenvalue weighted by molar-refractivity contribution is 5.95. The molecule has 7 heteroatoms. The number of amides is 3. The topological polar surface area (TPSA) is 87.5 Å². The number of benzene rings is 1. The summed E-state index contributed by atoms with van der Waals surface area (Å²) in [6.45, 7) is 3.26. The Kier molecular flexibility index (Phi) is 7.85. The highest BCUT2D eigenvalue weighted by atomic mass is 35.5. The zero-order chi connectivity index (χ0) is 15.9. The van der Waals surface area contributed by atoms with Crippen LogP contribution in [0.1, 0.15) is 32.6 Å². The average molecular weight is 341 g/mol. The molecule has 1 aliphatic heterocycles. The van der Waals surface area contributed by atoms with E-state index >= 15 is 0 Å². The third-order valence-corrected chi connectivity index (χ3v) is 3.71. The summed E-state index contributed by atoms with van der Waals surface area (Å²) in [6, 6.07) is 6.42. The van der Waals surface area contributed by atoms with Gasteiger partial charge in [-0.25, -0.2) is 4.79 Å². The number of anilines is 2. The van der Waals surface area contributed by atoms with E-state index in [0.29, 0.717) is 11.4 Å². The summed E-state index contributed by atoms with van der Waals surface area (Å²) in [5.41, 5.74) is 6.88. The van der Waals surface area contributed by atoms with Gasteiger partial charge in [-0.1, -0.05) is 12.8 Å². The van der Waals surface area contributed by atoms with E-state index in [-0.39, 0.29) is 24.3 Å². The van der Waals surface area contributed by atoms with Crippen LogP contribution in [0.4, 0.5) is 16.2 Å². The average Bonchev–Trinajstić information content (AvgIpc) is 2.78. The maximum Gasteiger partial charge on any atom is 0.321 e. The summed E-state index contributed by atoms with van der Waals surface area (Å²) >= 11 is 0. The molecule has 1 aliphatic rings. The molecule has 128 valence electrons. The lowest BCUT2D eigenvalue weighted by molar-refractivity contribution is -0.117. The van der Waals surface area contributed by atoms with Gasteiger partial charge in [0.2, 0.25) is 5.91 Å². The lowest BCUT2D eigenvalue weighted by atomic mass is 10.2. The number of nitrogens with two attached hydrogens (primary N) is 1. The molecule has 0 radical (unpaired) electrons. The first-order valence-electron chi connectivity index (χ1n) is 7.79. The van der Waals surface area contributed by atoms with Crippen molar-refractivity contribution in [1.82, 2.24) is 4.90 Å². The predicted octanol–water partition coefficient (Wildman–Crippen LogP) is 2.80. The Morgan fingerprint density at radius 3 is 1.96 bits per heavy atom. The quantitative estimate of drug-likeness (QED) is 0.790. The molecule has 0 bridgehead atoms. The van der Waals surface area contributed by atoms with Crippen molar-refractivity contribution < 1.29 is 9.59 Å². The van der Waals surface area contributed by atoms with E-state index in [0.717, 1.165) is 25.9 Å². The maximum absolute atomic E-state index is 12.2. The number of hydrogen-bond donors (Lipinski definition) is 3. The molecular formula is C16H25ClN4O2. The lowest BCUT2D eigenvalue weighted by Crippen LogP contribution is -2.35. The van der Waals surface area contributed by atoms with Crippen LogP contribution in [0.2, 0.25) is 0 Å². The third kappa shape index (κ3) is 6.08. The molecule has 1 aromatic carbocycles. The minimum absolute atomic E-state index is 0. The molecule has 1 atom stereocenters. The fourth-order valence-corrected chi connectivity index (χ4v) is 2.37. The number of hydrogen-bond acceptors (Lipinski definition) is 3. The second kappa shape index (κ2) is 9.37. The number of carbonyl (C=O) groups is 2. The molecule has 0 saturated carbocycles. The monoisotopic (exact) mass is 340 g/mol. The maximum atomic E-state index is 12.2. The van der Waals surface area contributed by atoms with Gasteiger partial charge in [0.15, 0.2) is 0 Å². The Hall–Kier alpha value is -1.79. The van der Waals surface area contributed by atoms with E-state index in [1.54, 1.807) is 31.2 Å². The second-order valence-corrected chi connectivity index (χ2v) is 5.69. The van der Waals surface area contributed by atoms with Crippen LogP contribution < -0.4 is 16.4 Å². The summed E-state index contributed by atoms with van der Waals surface area (Å²) in [5, 5.41) is 5.60. The van der Waals surface area contributed by atoms with Gasteiger partial charge in [-0.15, -0.1) is 12.4 Å². The molecule has 0 unspecified atom stereocenters. The van der Waals surface area contributed by atoms with Crippen LogP contribution in [0.3, 0.4) is 0 Å². The largest absolute Gasteiger partial charge is 0.325 e. The van der Waals surface area contributed by atoms with Gasteiger partial charge in [-0.2, -0.15) is 0 Å². The van der Waals surface area contributed by atoms with Gasteiger partial charge in [0.25, 0.3) is 0 Å². The Bertz CT molecular complexity index is 511. The summed E-state index contributed by atoms with van der Waals surface area (Å²) < 4.78 is 0. The molecule has 0 aliphatic carbocycles. The molecular weight excluding hydrogens is 316 g/mol. The van der Waals surface area contributed by atoms with Crippen LogP contribution >= 0.6 is 12.4 Å². The number of rotatable bonds is 3.